The van der Waals surface area contributed by atoms with Crippen LogP contribution in [0.25, 0.3) is 0 Å². The van der Waals surface area contributed by atoms with Gasteiger partial charge in [-0.1, -0.05) is 6.92 Å². The fraction of sp³-hybridized carbons (Fsp3) is 0.889. The van der Waals surface area contributed by atoms with Gasteiger partial charge in [0.15, 0.2) is 0 Å². The number of ether oxygens (including phenoxy) is 1. The maximum absolute atomic E-state index is 12.3. The number of amides is 2. The minimum Gasteiger partial charge on any atom is -0.373 e. The molecular weight excluding hydrogens is 306 g/mol. The number of hydrogen-bond acceptors (Lipinski definition) is 4. The van der Waals surface area contributed by atoms with E-state index in [-0.39, 0.29) is 29.9 Å². The van der Waals surface area contributed by atoms with E-state index in [4.69, 9.17) is 4.74 Å². The maximum Gasteiger partial charge on any atom is 0.223 e. The first kappa shape index (κ1) is 19.2. The molecule has 2 fully saturated rings. The molecule has 0 aliphatic carbocycles. The molecule has 1 N–H and O–H groups in total. The minimum absolute atomic E-state index is 0.0539. The molecule has 2 atom stereocenters. The van der Waals surface area contributed by atoms with Crippen molar-refractivity contribution in [1.82, 2.24) is 15.1 Å². The van der Waals surface area contributed by atoms with Crippen LogP contribution in [0.1, 0.15) is 46.5 Å². The molecule has 0 aromatic rings. The Morgan fingerprint density at radius 3 is 2.33 bits per heavy atom. The van der Waals surface area contributed by atoms with Crippen LogP contribution in [0, 0.1) is 5.92 Å². The molecule has 0 bridgehead atoms. The molecular formula is C18H33N3O3. The summed E-state index contributed by atoms with van der Waals surface area (Å²) < 4.78 is 5.72. The summed E-state index contributed by atoms with van der Waals surface area (Å²) in [4.78, 5) is 28.5. The van der Waals surface area contributed by atoms with Crippen molar-refractivity contribution in [3.8, 4) is 0 Å². The summed E-state index contributed by atoms with van der Waals surface area (Å²) in [6, 6.07) is 0. The van der Waals surface area contributed by atoms with Gasteiger partial charge in [-0.3, -0.25) is 14.5 Å². The number of carbonyl (C=O) groups is 2. The number of nitrogens with one attached hydrogen (secondary N) is 1. The van der Waals surface area contributed by atoms with Gasteiger partial charge in [0.25, 0.3) is 0 Å². The lowest BCUT2D eigenvalue weighted by Gasteiger charge is -2.35. The van der Waals surface area contributed by atoms with E-state index in [1.54, 1.807) is 0 Å². The number of morpholine rings is 1. The number of rotatable bonds is 6. The molecule has 0 radical (unpaired) electrons. The fourth-order valence-electron chi connectivity index (χ4n) is 3.71. The molecule has 0 unspecified atom stereocenters. The van der Waals surface area contributed by atoms with Crippen molar-refractivity contribution in [2.75, 3.05) is 39.3 Å². The highest BCUT2D eigenvalue weighted by Gasteiger charge is 2.27. The van der Waals surface area contributed by atoms with Crippen LogP contribution in [0.15, 0.2) is 0 Å². The quantitative estimate of drug-likeness (QED) is 0.791. The molecule has 138 valence electrons. The Kier molecular flexibility index (Phi) is 7.49. The van der Waals surface area contributed by atoms with E-state index in [2.05, 4.69) is 24.1 Å². The van der Waals surface area contributed by atoms with Crippen LogP contribution in [0.4, 0.5) is 0 Å². The van der Waals surface area contributed by atoms with Gasteiger partial charge in [-0.2, -0.15) is 0 Å². The molecule has 0 aromatic heterocycles. The van der Waals surface area contributed by atoms with E-state index in [9.17, 15) is 9.59 Å². The van der Waals surface area contributed by atoms with E-state index in [1.165, 1.54) is 0 Å². The molecule has 0 aromatic carbocycles. The van der Waals surface area contributed by atoms with Gasteiger partial charge < -0.3 is 15.0 Å². The van der Waals surface area contributed by atoms with E-state index in [0.29, 0.717) is 13.0 Å². The van der Waals surface area contributed by atoms with Crippen molar-refractivity contribution in [1.29, 1.82) is 0 Å². The molecule has 2 rings (SSSR count). The normalized spacial score (nSPS) is 26.4. The molecule has 2 saturated heterocycles. The van der Waals surface area contributed by atoms with Crippen LogP contribution >= 0.6 is 0 Å². The van der Waals surface area contributed by atoms with Gasteiger partial charge in [0, 0.05) is 51.6 Å². The van der Waals surface area contributed by atoms with Gasteiger partial charge in [0.1, 0.15) is 0 Å². The van der Waals surface area contributed by atoms with Crippen LogP contribution in [0.5, 0.6) is 0 Å². The van der Waals surface area contributed by atoms with Gasteiger partial charge in [-0.05, 0) is 33.1 Å². The van der Waals surface area contributed by atoms with Gasteiger partial charge in [-0.25, -0.2) is 0 Å². The van der Waals surface area contributed by atoms with Crippen LogP contribution in [0.2, 0.25) is 0 Å². The van der Waals surface area contributed by atoms with Crippen molar-refractivity contribution < 1.29 is 14.3 Å². The largest absolute Gasteiger partial charge is 0.373 e. The van der Waals surface area contributed by atoms with Crippen molar-refractivity contribution in [2.24, 2.45) is 5.92 Å². The average Bonchev–Trinajstić information content (AvgIpc) is 2.54. The Morgan fingerprint density at radius 1 is 1.12 bits per heavy atom. The zero-order valence-electron chi connectivity index (χ0n) is 15.4. The Balaban J connectivity index is 1.64. The zero-order valence-corrected chi connectivity index (χ0v) is 15.4. The second-order valence-electron chi connectivity index (χ2n) is 7.21. The second kappa shape index (κ2) is 9.37. The Bertz CT molecular complexity index is 412. The highest BCUT2D eigenvalue weighted by Crippen LogP contribution is 2.18. The van der Waals surface area contributed by atoms with Crippen molar-refractivity contribution in [3.63, 3.8) is 0 Å². The smallest absolute Gasteiger partial charge is 0.223 e. The lowest BCUT2D eigenvalue weighted by atomic mass is 9.95. The van der Waals surface area contributed by atoms with Crippen molar-refractivity contribution in [3.05, 3.63) is 0 Å². The number of carbonyl (C=O) groups excluding carboxylic acids is 2. The van der Waals surface area contributed by atoms with E-state index in [0.717, 1.165) is 52.0 Å². The SMILES string of the molecule is CCCC(=O)N1CCC(C(=O)NCCN2C[C@@H](C)O[C@@H](C)C2)CC1. The third-order valence-electron chi connectivity index (χ3n) is 4.90. The highest BCUT2D eigenvalue weighted by atomic mass is 16.5. The third-order valence-corrected chi connectivity index (χ3v) is 4.90. The molecule has 2 heterocycles. The topological polar surface area (TPSA) is 61.9 Å². The summed E-state index contributed by atoms with van der Waals surface area (Å²) >= 11 is 0. The van der Waals surface area contributed by atoms with Crippen molar-refractivity contribution >= 4 is 11.8 Å². The predicted molar refractivity (Wildman–Crippen MR) is 93.7 cm³/mol. The Hall–Kier alpha value is -1.14. The lowest BCUT2D eigenvalue weighted by molar-refractivity contribution is -0.135. The maximum atomic E-state index is 12.3. The summed E-state index contributed by atoms with van der Waals surface area (Å²) in [6.45, 7) is 11.1. The Labute approximate surface area is 145 Å². The summed E-state index contributed by atoms with van der Waals surface area (Å²) in [5.41, 5.74) is 0. The highest BCUT2D eigenvalue weighted by molar-refractivity contribution is 5.80. The molecule has 0 saturated carbocycles. The summed E-state index contributed by atoms with van der Waals surface area (Å²) in [7, 11) is 0. The van der Waals surface area contributed by atoms with Gasteiger partial charge in [-0.15, -0.1) is 0 Å². The summed E-state index contributed by atoms with van der Waals surface area (Å²) in [6.07, 6.45) is 3.59. The molecule has 0 spiro atoms. The van der Waals surface area contributed by atoms with Gasteiger partial charge in [0.2, 0.25) is 11.8 Å². The van der Waals surface area contributed by atoms with Crippen molar-refractivity contribution in [2.45, 2.75) is 58.7 Å². The Morgan fingerprint density at radius 2 is 1.75 bits per heavy atom. The lowest BCUT2D eigenvalue weighted by Crippen LogP contribution is -2.48. The number of nitrogens with zero attached hydrogens (tertiary/aromatic N) is 2. The molecule has 2 aliphatic heterocycles. The van der Waals surface area contributed by atoms with Crippen LogP contribution in [0.3, 0.4) is 0 Å². The summed E-state index contributed by atoms with van der Waals surface area (Å²) in [5, 5.41) is 3.07. The molecule has 2 amide bonds. The van der Waals surface area contributed by atoms with Crippen LogP contribution in [-0.4, -0.2) is 73.1 Å². The van der Waals surface area contributed by atoms with Crippen LogP contribution in [-0.2, 0) is 14.3 Å². The fourth-order valence-corrected chi connectivity index (χ4v) is 3.71. The predicted octanol–water partition coefficient (Wildman–Crippen LogP) is 1.25. The number of hydrogen-bond donors (Lipinski definition) is 1. The minimum atomic E-state index is 0.0539. The van der Waals surface area contributed by atoms with E-state index >= 15 is 0 Å². The average molecular weight is 339 g/mol. The number of piperidine rings is 1. The first-order valence-corrected chi connectivity index (χ1v) is 9.42. The number of likely N-dealkylation sites (tertiary alicyclic amines) is 1. The molecule has 24 heavy (non-hydrogen) atoms. The molecule has 6 heteroatoms. The van der Waals surface area contributed by atoms with Gasteiger partial charge in [0.05, 0.1) is 12.2 Å². The first-order chi connectivity index (χ1) is 11.5. The first-order valence-electron chi connectivity index (χ1n) is 9.42. The van der Waals surface area contributed by atoms with E-state index < -0.39 is 0 Å². The monoisotopic (exact) mass is 339 g/mol. The van der Waals surface area contributed by atoms with Crippen LogP contribution < -0.4 is 5.32 Å². The summed E-state index contributed by atoms with van der Waals surface area (Å²) in [5.74, 6) is 0.428. The standard InChI is InChI=1S/C18H33N3O3/c1-4-5-17(22)21-9-6-16(7-10-21)18(23)19-8-11-20-12-14(2)24-15(3)13-20/h14-16H,4-13H2,1-3H3,(H,19,23)/t14-,15+. The molecule has 6 nitrogen and oxygen atoms in total. The third kappa shape index (κ3) is 5.74. The van der Waals surface area contributed by atoms with E-state index in [1.807, 2.05) is 11.8 Å². The second-order valence-corrected chi connectivity index (χ2v) is 7.21. The molecule has 2 aliphatic rings. The van der Waals surface area contributed by atoms with Gasteiger partial charge >= 0.3 is 0 Å². The zero-order chi connectivity index (χ0) is 17.5.